The second kappa shape index (κ2) is 7.80. The van der Waals surface area contributed by atoms with E-state index >= 15 is 0 Å². The molecule has 3 heteroatoms. The predicted octanol–water partition coefficient (Wildman–Crippen LogP) is 5.07. The second-order valence-electron chi connectivity index (χ2n) is 6.83. The summed E-state index contributed by atoms with van der Waals surface area (Å²) >= 11 is 1.31. The predicted molar refractivity (Wildman–Crippen MR) is 98.5 cm³/mol. The molecule has 0 radical (unpaired) electrons. The molecule has 0 unspecified atom stereocenters. The van der Waals surface area contributed by atoms with E-state index in [-0.39, 0.29) is 22.6 Å². The molecular weight excluding hydrogens is 302 g/mol. The van der Waals surface area contributed by atoms with Crippen LogP contribution in [0.15, 0.2) is 65.6 Å². The third-order valence-corrected chi connectivity index (χ3v) is 4.72. The molecule has 0 heterocycles. The Bertz CT molecular complexity index is 619. The van der Waals surface area contributed by atoms with Crippen LogP contribution in [0.4, 0.5) is 0 Å². The van der Waals surface area contributed by atoms with Crippen LogP contribution in [0.1, 0.15) is 39.3 Å². The van der Waals surface area contributed by atoms with Crippen molar-refractivity contribution in [3.63, 3.8) is 0 Å². The van der Waals surface area contributed by atoms with Crippen molar-refractivity contribution in [2.45, 2.75) is 44.7 Å². The molecule has 2 rings (SSSR count). The quantitative estimate of drug-likeness (QED) is 0.777. The number of benzene rings is 2. The number of hydrogen-bond donors (Lipinski definition) is 1. The highest BCUT2D eigenvalue weighted by atomic mass is 32.2. The molecule has 2 nitrogen and oxygen atoms in total. The maximum Gasteiger partial charge on any atom is 0.211 e. The van der Waals surface area contributed by atoms with Gasteiger partial charge in [-0.3, -0.25) is 10.1 Å². The minimum atomic E-state index is -0.220. The first-order valence-electron chi connectivity index (χ1n) is 7.95. The van der Waals surface area contributed by atoms with E-state index in [9.17, 15) is 4.79 Å². The Morgan fingerprint density at radius 1 is 0.957 bits per heavy atom. The first-order chi connectivity index (χ1) is 10.9. The SMILES string of the molecule is C[C@H](N[C@@H](C(=O)Sc1ccccc1)C(C)(C)C)c1ccccc1. The van der Waals surface area contributed by atoms with Crippen molar-refractivity contribution < 1.29 is 4.79 Å². The van der Waals surface area contributed by atoms with Crippen LogP contribution in [0.25, 0.3) is 0 Å². The largest absolute Gasteiger partial charge is 0.300 e. The van der Waals surface area contributed by atoms with Crippen molar-refractivity contribution in [1.82, 2.24) is 5.32 Å². The average Bonchev–Trinajstić information content (AvgIpc) is 2.53. The maximum atomic E-state index is 12.8. The van der Waals surface area contributed by atoms with Crippen LogP contribution < -0.4 is 5.32 Å². The normalized spacial score (nSPS) is 14.3. The highest BCUT2D eigenvalue weighted by Crippen LogP contribution is 2.29. The fraction of sp³-hybridized carbons (Fsp3) is 0.350. The zero-order valence-electron chi connectivity index (χ0n) is 14.2. The minimum Gasteiger partial charge on any atom is -0.300 e. The van der Waals surface area contributed by atoms with E-state index in [0.717, 1.165) is 4.90 Å². The van der Waals surface area contributed by atoms with Gasteiger partial charge in [-0.2, -0.15) is 0 Å². The molecule has 0 saturated carbocycles. The van der Waals surface area contributed by atoms with Gasteiger partial charge in [0, 0.05) is 10.9 Å². The lowest BCUT2D eigenvalue weighted by Gasteiger charge is -2.32. The molecule has 2 aromatic rings. The van der Waals surface area contributed by atoms with Crippen molar-refractivity contribution in [3.05, 3.63) is 66.2 Å². The molecule has 2 atom stereocenters. The molecule has 0 amide bonds. The van der Waals surface area contributed by atoms with Gasteiger partial charge in [-0.25, -0.2) is 0 Å². The van der Waals surface area contributed by atoms with E-state index in [4.69, 9.17) is 0 Å². The molecule has 0 aliphatic rings. The number of nitrogens with one attached hydrogen (secondary N) is 1. The van der Waals surface area contributed by atoms with E-state index in [1.807, 2.05) is 48.5 Å². The fourth-order valence-corrected chi connectivity index (χ4v) is 3.49. The summed E-state index contributed by atoms with van der Waals surface area (Å²) in [7, 11) is 0. The monoisotopic (exact) mass is 327 g/mol. The number of rotatable bonds is 5. The van der Waals surface area contributed by atoms with E-state index in [1.165, 1.54) is 17.3 Å². The van der Waals surface area contributed by atoms with Gasteiger partial charge in [-0.05, 0) is 30.0 Å². The number of carbonyl (C=O) groups is 1. The maximum absolute atomic E-state index is 12.8. The Hall–Kier alpha value is -1.58. The third-order valence-electron chi connectivity index (χ3n) is 3.78. The summed E-state index contributed by atoms with van der Waals surface area (Å²) in [5.74, 6) is 0. The second-order valence-corrected chi connectivity index (χ2v) is 7.91. The highest BCUT2D eigenvalue weighted by molar-refractivity contribution is 8.13. The molecule has 0 aromatic heterocycles. The van der Waals surface area contributed by atoms with Gasteiger partial charge >= 0.3 is 0 Å². The summed E-state index contributed by atoms with van der Waals surface area (Å²) in [6.07, 6.45) is 0. The van der Waals surface area contributed by atoms with Crippen LogP contribution in [0.3, 0.4) is 0 Å². The van der Waals surface area contributed by atoms with Crippen LogP contribution >= 0.6 is 11.8 Å². The minimum absolute atomic E-state index is 0.126. The Morgan fingerprint density at radius 2 is 1.48 bits per heavy atom. The standard InChI is InChI=1S/C20H25NOS/c1-15(16-11-7-5-8-12-16)21-18(20(2,3)4)19(22)23-17-13-9-6-10-14-17/h5-15,18,21H,1-4H3/t15-,18-/m0/s1. The van der Waals surface area contributed by atoms with Gasteiger partial charge in [-0.1, -0.05) is 81.1 Å². The van der Waals surface area contributed by atoms with Crippen LogP contribution in [0, 0.1) is 5.41 Å². The fourth-order valence-electron chi connectivity index (χ4n) is 2.42. The van der Waals surface area contributed by atoms with Crippen molar-refractivity contribution in [1.29, 1.82) is 0 Å². The van der Waals surface area contributed by atoms with Gasteiger partial charge in [0.25, 0.3) is 0 Å². The molecular formula is C20H25NOS. The number of thioether (sulfide) groups is 1. The first-order valence-corrected chi connectivity index (χ1v) is 8.77. The topological polar surface area (TPSA) is 29.1 Å². The van der Waals surface area contributed by atoms with Gasteiger partial charge in [0.1, 0.15) is 0 Å². The van der Waals surface area contributed by atoms with Crippen LogP contribution in [-0.4, -0.2) is 11.2 Å². The van der Waals surface area contributed by atoms with E-state index < -0.39 is 0 Å². The lowest BCUT2D eigenvalue weighted by atomic mass is 9.86. The van der Waals surface area contributed by atoms with Gasteiger partial charge < -0.3 is 0 Å². The summed E-state index contributed by atoms with van der Waals surface area (Å²) < 4.78 is 0. The molecule has 0 saturated heterocycles. The average molecular weight is 327 g/mol. The van der Waals surface area contributed by atoms with E-state index in [1.54, 1.807) is 0 Å². The van der Waals surface area contributed by atoms with Crippen LogP contribution in [0.5, 0.6) is 0 Å². The lowest BCUT2D eigenvalue weighted by Crippen LogP contribution is -2.46. The van der Waals surface area contributed by atoms with Crippen molar-refractivity contribution in [2.24, 2.45) is 5.41 Å². The summed E-state index contributed by atoms with van der Waals surface area (Å²) in [6.45, 7) is 8.41. The Morgan fingerprint density at radius 3 is 2.00 bits per heavy atom. The molecule has 1 N–H and O–H groups in total. The molecule has 23 heavy (non-hydrogen) atoms. The summed E-state index contributed by atoms with van der Waals surface area (Å²) in [6, 6.07) is 20.0. The van der Waals surface area contributed by atoms with Crippen molar-refractivity contribution in [3.8, 4) is 0 Å². The van der Waals surface area contributed by atoms with Crippen LogP contribution in [0.2, 0.25) is 0 Å². The zero-order chi connectivity index (χ0) is 16.9. The first kappa shape index (κ1) is 17.8. The van der Waals surface area contributed by atoms with Crippen molar-refractivity contribution in [2.75, 3.05) is 0 Å². The highest BCUT2D eigenvalue weighted by Gasteiger charge is 2.32. The molecule has 0 bridgehead atoms. The van der Waals surface area contributed by atoms with Gasteiger partial charge in [0.05, 0.1) is 6.04 Å². The van der Waals surface area contributed by atoms with Crippen molar-refractivity contribution >= 4 is 16.9 Å². The smallest absolute Gasteiger partial charge is 0.211 e. The Kier molecular flexibility index (Phi) is 6.03. The molecule has 122 valence electrons. The number of hydrogen-bond acceptors (Lipinski definition) is 3. The summed E-state index contributed by atoms with van der Waals surface area (Å²) in [5.41, 5.74) is 1.04. The van der Waals surface area contributed by atoms with Gasteiger partial charge in [0.2, 0.25) is 5.12 Å². The molecule has 0 spiro atoms. The van der Waals surface area contributed by atoms with E-state index in [2.05, 4.69) is 45.1 Å². The number of carbonyl (C=O) groups excluding carboxylic acids is 1. The molecule has 2 aromatic carbocycles. The van der Waals surface area contributed by atoms with Crippen LogP contribution in [-0.2, 0) is 4.79 Å². The summed E-state index contributed by atoms with van der Waals surface area (Å²) in [5, 5.41) is 3.68. The molecule has 0 fully saturated rings. The van der Waals surface area contributed by atoms with Gasteiger partial charge in [-0.15, -0.1) is 0 Å². The molecule has 0 aliphatic heterocycles. The summed E-state index contributed by atoms with van der Waals surface area (Å²) in [4.78, 5) is 13.8. The van der Waals surface area contributed by atoms with Gasteiger partial charge in [0.15, 0.2) is 0 Å². The molecule has 0 aliphatic carbocycles. The lowest BCUT2D eigenvalue weighted by molar-refractivity contribution is -0.115. The Balaban J connectivity index is 2.12. The third kappa shape index (κ3) is 5.22. The zero-order valence-corrected chi connectivity index (χ0v) is 15.1. The Labute approximate surface area is 143 Å². The van der Waals surface area contributed by atoms with E-state index in [0.29, 0.717) is 0 Å².